The lowest BCUT2D eigenvalue weighted by molar-refractivity contribution is -0.125. The van der Waals surface area contributed by atoms with Gasteiger partial charge in [-0.1, -0.05) is 19.9 Å². The SMILES string of the molecule is CC(C)C(=O)NC1CCCN(CC(O)c2ccc(F)c(F)c2)C1. The Labute approximate surface area is 135 Å². The smallest absolute Gasteiger partial charge is 0.222 e. The molecule has 0 aromatic heterocycles. The third-order valence-electron chi connectivity index (χ3n) is 4.14. The zero-order chi connectivity index (χ0) is 17.0. The Balaban J connectivity index is 1.91. The molecule has 0 bridgehead atoms. The number of carbonyl (C=O) groups excluding carboxylic acids is 1. The van der Waals surface area contributed by atoms with Crippen LogP contribution in [0.3, 0.4) is 0 Å². The normalized spacial score (nSPS) is 20.5. The van der Waals surface area contributed by atoms with E-state index in [1.807, 2.05) is 18.7 Å². The van der Waals surface area contributed by atoms with Crippen molar-refractivity contribution in [2.75, 3.05) is 19.6 Å². The molecular weight excluding hydrogens is 302 g/mol. The number of carbonyl (C=O) groups is 1. The Morgan fingerprint density at radius 2 is 2.13 bits per heavy atom. The number of halogens is 2. The predicted octanol–water partition coefficient (Wildman–Crippen LogP) is 2.23. The first-order valence-corrected chi connectivity index (χ1v) is 8.02. The molecule has 2 atom stereocenters. The van der Waals surface area contributed by atoms with Crippen LogP contribution >= 0.6 is 0 Å². The molecule has 6 heteroatoms. The van der Waals surface area contributed by atoms with Crippen molar-refractivity contribution >= 4 is 5.91 Å². The molecule has 1 aromatic carbocycles. The molecule has 2 rings (SSSR count). The van der Waals surface area contributed by atoms with Crippen molar-refractivity contribution in [3.8, 4) is 0 Å². The first-order valence-electron chi connectivity index (χ1n) is 8.02. The number of hydrogen-bond donors (Lipinski definition) is 2. The monoisotopic (exact) mass is 326 g/mol. The number of β-amino-alcohol motifs (C(OH)–C–C–N with tert-alkyl or cyclic N) is 1. The number of nitrogens with one attached hydrogen (secondary N) is 1. The van der Waals surface area contributed by atoms with E-state index >= 15 is 0 Å². The Bertz CT molecular complexity index is 551. The van der Waals surface area contributed by atoms with E-state index < -0.39 is 17.7 Å². The maximum Gasteiger partial charge on any atom is 0.222 e. The third kappa shape index (κ3) is 4.97. The number of amides is 1. The van der Waals surface area contributed by atoms with Crippen molar-refractivity contribution in [2.24, 2.45) is 5.92 Å². The largest absolute Gasteiger partial charge is 0.387 e. The molecule has 1 saturated heterocycles. The number of hydrogen-bond acceptors (Lipinski definition) is 3. The summed E-state index contributed by atoms with van der Waals surface area (Å²) in [5.74, 6) is -1.91. The molecule has 4 nitrogen and oxygen atoms in total. The van der Waals surface area contributed by atoms with Crippen molar-refractivity contribution in [3.05, 3.63) is 35.4 Å². The molecule has 1 aliphatic rings. The van der Waals surface area contributed by atoms with Crippen LogP contribution in [0.25, 0.3) is 0 Å². The van der Waals surface area contributed by atoms with Crippen LogP contribution in [-0.4, -0.2) is 41.6 Å². The number of nitrogens with zero attached hydrogens (tertiary/aromatic N) is 1. The van der Waals surface area contributed by atoms with E-state index in [1.54, 1.807) is 0 Å². The zero-order valence-electron chi connectivity index (χ0n) is 13.6. The van der Waals surface area contributed by atoms with Gasteiger partial charge in [-0.2, -0.15) is 0 Å². The summed E-state index contributed by atoms with van der Waals surface area (Å²) < 4.78 is 26.2. The maximum atomic E-state index is 13.3. The summed E-state index contributed by atoms with van der Waals surface area (Å²) in [5.41, 5.74) is 0.359. The Hall–Kier alpha value is -1.53. The molecule has 2 unspecified atom stereocenters. The van der Waals surface area contributed by atoms with Gasteiger partial charge in [-0.05, 0) is 37.1 Å². The zero-order valence-corrected chi connectivity index (χ0v) is 13.6. The van der Waals surface area contributed by atoms with Crippen LogP contribution in [0.2, 0.25) is 0 Å². The molecule has 0 spiro atoms. The van der Waals surface area contributed by atoms with Gasteiger partial charge in [0.25, 0.3) is 0 Å². The molecule has 23 heavy (non-hydrogen) atoms. The number of likely N-dealkylation sites (tertiary alicyclic amines) is 1. The van der Waals surface area contributed by atoms with Crippen molar-refractivity contribution in [3.63, 3.8) is 0 Å². The van der Waals surface area contributed by atoms with Crippen LogP contribution in [0.5, 0.6) is 0 Å². The molecule has 1 amide bonds. The van der Waals surface area contributed by atoms with Gasteiger partial charge in [-0.25, -0.2) is 8.78 Å². The van der Waals surface area contributed by atoms with Gasteiger partial charge in [0, 0.05) is 25.0 Å². The molecular formula is C17H24F2N2O2. The summed E-state index contributed by atoms with van der Waals surface area (Å²) in [6.07, 6.45) is 0.952. The van der Waals surface area contributed by atoms with Gasteiger partial charge in [0.1, 0.15) is 0 Å². The van der Waals surface area contributed by atoms with Crippen molar-refractivity contribution in [1.82, 2.24) is 10.2 Å². The molecule has 0 saturated carbocycles. The highest BCUT2D eigenvalue weighted by Crippen LogP contribution is 2.20. The van der Waals surface area contributed by atoms with Gasteiger partial charge in [-0.3, -0.25) is 9.69 Å². The number of aliphatic hydroxyl groups excluding tert-OH is 1. The van der Waals surface area contributed by atoms with Gasteiger partial charge >= 0.3 is 0 Å². The molecule has 2 N–H and O–H groups in total. The summed E-state index contributed by atoms with van der Waals surface area (Å²) in [5, 5.41) is 13.2. The first kappa shape index (κ1) is 17.8. The van der Waals surface area contributed by atoms with Crippen LogP contribution in [0.4, 0.5) is 8.78 Å². The van der Waals surface area contributed by atoms with Crippen LogP contribution in [0.1, 0.15) is 38.4 Å². The summed E-state index contributed by atoms with van der Waals surface area (Å²) >= 11 is 0. The second-order valence-corrected chi connectivity index (χ2v) is 6.45. The molecule has 1 aromatic rings. The fourth-order valence-corrected chi connectivity index (χ4v) is 2.78. The van der Waals surface area contributed by atoms with Crippen LogP contribution < -0.4 is 5.32 Å². The van der Waals surface area contributed by atoms with E-state index in [2.05, 4.69) is 5.32 Å². The van der Waals surface area contributed by atoms with Gasteiger partial charge < -0.3 is 10.4 Å². The second kappa shape index (κ2) is 7.84. The lowest BCUT2D eigenvalue weighted by Gasteiger charge is -2.34. The van der Waals surface area contributed by atoms with Gasteiger partial charge in [-0.15, -0.1) is 0 Å². The molecule has 0 aliphatic carbocycles. The summed E-state index contributed by atoms with van der Waals surface area (Å²) in [4.78, 5) is 13.8. The highest BCUT2D eigenvalue weighted by molar-refractivity contribution is 5.78. The van der Waals surface area contributed by atoms with Crippen molar-refractivity contribution < 1.29 is 18.7 Å². The van der Waals surface area contributed by atoms with E-state index in [1.165, 1.54) is 6.07 Å². The standard InChI is InChI=1S/C17H24F2N2O2/c1-11(2)17(23)20-13-4-3-7-21(9-13)10-16(22)12-5-6-14(18)15(19)8-12/h5-6,8,11,13,16,22H,3-4,7,9-10H2,1-2H3,(H,20,23). The van der Waals surface area contributed by atoms with Gasteiger partial charge in [0.15, 0.2) is 11.6 Å². The summed E-state index contributed by atoms with van der Waals surface area (Å²) in [7, 11) is 0. The number of benzene rings is 1. The van der Waals surface area contributed by atoms with Crippen LogP contribution in [0, 0.1) is 17.6 Å². The Kier molecular flexibility index (Phi) is 6.07. The Morgan fingerprint density at radius 1 is 1.39 bits per heavy atom. The number of piperidine rings is 1. The van der Waals surface area contributed by atoms with E-state index in [4.69, 9.17) is 0 Å². The maximum absolute atomic E-state index is 13.3. The number of rotatable bonds is 5. The third-order valence-corrected chi connectivity index (χ3v) is 4.14. The van der Waals surface area contributed by atoms with Crippen LogP contribution in [0.15, 0.2) is 18.2 Å². The highest BCUT2D eigenvalue weighted by Gasteiger charge is 2.24. The summed E-state index contributed by atoms with van der Waals surface area (Å²) in [6.45, 7) is 5.50. The minimum absolute atomic E-state index is 0.0259. The Morgan fingerprint density at radius 3 is 2.78 bits per heavy atom. The fraction of sp³-hybridized carbons (Fsp3) is 0.588. The lowest BCUT2D eigenvalue weighted by atomic mass is 10.0. The molecule has 128 valence electrons. The van der Waals surface area contributed by atoms with E-state index in [9.17, 15) is 18.7 Å². The quantitative estimate of drug-likeness (QED) is 0.872. The predicted molar refractivity (Wildman–Crippen MR) is 83.8 cm³/mol. The minimum atomic E-state index is -0.956. The van der Waals surface area contributed by atoms with E-state index in [0.717, 1.165) is 31.5 Å². The summed E-state index contributed by atoms with van der Waals surface area (Å²) in [6, 6.07) is 3.51. The van der Waals surface area contributed by atoms with Gasteiger partial charge in [0.05, 0.1) is 6.10 Å². The average molecular weight is 326 g/mol. The topological polar surface area (TPSA) is 52.6 Å². The molecule has 1 aliphatic heterocycles. The van der Waals surface area contributed by atoms with Crippen molar-refractivity contribution in [2.45, 2.75) is 38.8 Å². The van der Waals surface area contributed by atoms with Crippen LogP contribution in [-0.2, 0) is 4.79 Å². The second-order valence-electron chi connectivity index (χ2n) is 6.45. The molecule has 1 heterocycles. The first-order chi connectivity index (χ1) is 10.9. The van der Waals surface area contributed by atoms with Gasteiger partial charge in [0.2, 0.25) is 5.91 Å². The number of aliphatic hydroxyl groups is 1. The molecule has 0 radical (unpaired) electrons. The van der Waals surface area contributed by atoms with E-state index in [-0.39, 0.29) is 17.9 Å². The van der Waals surface area contributed by atoms with E-state index in [0.29, 0.717) is 18.7 Å². The van der Waals surface area contributed by atoms with Crippen molar-refractivity contribution in [1.29, 1.82) is 0 Å². The average Bonchev–Trinajstić information content (AvgIpc) is 2.50. The molecule has 1 fully saturated rings. The minimum Gasteiger partial charge on any atom is -0.387 e. The highest BCUT2D eigenvalue weighted by atomic mass is 19.2. The fourth-order valence-electron chi connectivity index (χ4n) is 2.78. The lowest BCUT2D eigenvalue weighted by Crippen LogP contribution is -2.49.